The number of guanidine groups is 1. The van der Waals surface area contributed by atoms with Crippen LogP contribution in [0.25, 0.3) is 11.0 Å². The summed E-state index contributed by atoms with van der Waals surface area (Å²) in [6.45, 7) is 10.7. The van der Waals surface area contributed by atoms with Gasteiger partial charge >= 0.3 is 0 Å². The molecule has 2 aromatic rings. The van der Waals surface area contributed by atoms with E-state index in [4.69, 9.17) is 9.73 Å². The molecule has 0 spiro atoms. The summed E-state index contributed by atoms with van der Waals surface area (Å²) < 4.78 is 7.54. The summed E-state index contributed by atoms with van der Waals surface area (Å²) in [6, 6.07) is 8.87. The van der Waals surface area contributed by atoms with Gasteiger partial charge < -0.3 is 19.9 Å². The van der Waals surface area contributed by atoms with E-state index in [1.807, 2.05) is 6.07 Å². The maximum Gasteiger partial charge on any atom is 0.191 e. The van der Waals surface area contributed by atoms with Gasteiger partial charge in [0.25, 0.3) is 0 Å². The molecule has 3 rings (SSSR count). The standard InChI is InChI=1S/C22H36N6O/c1-4-23-22(25-17-19-9-7-13-27(19)15-16-29-3)24-12-8-14-28-18(2)26-20-10-5-6-11-21(20)28/h5-6,10-11,19H,4,7-9,12-17H2,1-3H3,(H2,23,24,25). The van der Waals surface area contributed by atoms with Gasteiger partial charge in [-0.2, -0.15) is 0 Å². The van der Waals surface area contributed by atoms with Gasteiger partial charge in [0.15, 0.2) is 5.96 Å². The molecule has 1 aliphatic rings. The van der Waals surface area contributed by atoms with Crippen molar-refractivity contribution >= 4 is 17.0 Å². The number of nitrogens with zero attached hydrogens (tertiary/aromatic N) is 4. The molecule has 29 heavy (non-hydrogen) atoms. The Bertz CT molecular complexity index is 787. The molecule has 1 atom stereocenters. The number of fused-ring (bicyclic) bond motifs is 1. The lowest BCUT2D eigenvalue weighted by Gasteiger charge is -2.23. The molecule has 0 bridgehead atoms. The van der Waals surface area contributed by atoms with Gasteiger partial charge in [-0.1, -0.05) is 12.1 Å². The molecule has 1 fully saturated rings. The fraction of sp³-hybridized carbons (Fsp3) is 0.636. The fourth-order valence-corrected chi connectivity index (χ4v) is 4.07. The van der Waals surface area contributed by atoms with Crippen molar-refractivity contribution in [2.75, 3.05) is 46.4 Å². The lowest BCUT2D eigenvalue weighted by Crippen LogP contribution is -2.40. The Hall–Kier alpha value is -2.12. The van der Waals surface area contributed by atoms with Crippen LogP contribution in [-0.2, 0) is 11.3 Å². The van der Waals surface area contributed by atoms with Gasteiger partial charge in [0.05, 0.1) is 24.2 Å². The first-order valence-electron chi connectivity index (χ1n) is 10.9. The zero-order chi connectivity index (χ0) is 20.5. The predicted molar refractivity (Wildman–Crippen MR) is 120 cm³/mol. The molecule has 1 aromatic heterocycles. The maximum absolute atomic E-state index is 5.24. The second-order valence-corrected chi connectivity index (χ2v) is 7.62. The first kappa shape index (κ1) is 21.6. The zero-order valence-electron chi connectivity index (χ0n) is 18.2. The molecular weight excluding hydrogens is 364 g/mol. The number of aromatic nitrogens is 2. The van der Waals surface area contributed by atoms with Gasteiger partial charge in [0.2, 0.25) is 0 Å². The Morgan fingerprint density at radius 2 is 2.14 bits per heavy atom. The minimum Gasteiger partial charge on any atom is -0.383 e. The molecule has 1 aromatic carbocycles. The number of para-hydroxylation sites is 2. The van der Waals surface area contributed by atoms with Crippen LogP contribution < -0.4 is 10.6 Å². The zero-order valence-corrected chi connectivity index (χ0v) is 18.2. The molecule has 2 N–H and O–H groups in total. The maximum atomic E-state index is 5.24. The number of methoxy groups -OCH3 is 1. The summed E-state index contributed by atoms with van der Waals surface area (Å²) in [6.07, 6.45) is 3.50. The van der Waals surface area contributed by atoms with Gasteiger partial charge in [0, 0.05) is 39.3 Å². The molecule has 160 valence electrons. The van der Waals surface area contributed by atoms with E-state index in [0.29, 0.717) is 6.04 Å². The van der Waals surface area contributed by atoms with Crippen LogP contribution in [-0.4, -0.2) is 72.9 Å². The predicted octanol–water partition coefficient (Wildman–Crippen LogP) is 2.40. The Labute approximate surface area is 174 Å². The van der Waals surface area contributed by atoms with E-state index in [1.165, 1.54) is 18.4 Å². The number of benzene rings is 1. The van der Waals surface area contributed by atoms with E-state index < -0.39 is 0 Å². The molecule has 0 radical (unpaired) electrons. The first-order chi connectivity index (χ1) is 14.2. The molecule has 1 aliphatic heterocycles. The second-order valence-electron chi connectivity index (χ2n) is 7.62. The van der Waals surface area contributed by atoms with Crippen molar-refractivity contribution in [3.8, 4) is 0 Å². The number of aryl methyl sites for hydroxylation is 2. The van der Waals surface area contributed by atoms with Crippen molar-refractivity contribution in [3.05, 3.63) is 30.1 Å². The first-order valence-corrected chi connectivity index (χ1v) is 10.9. The average molecular weight is 401 g/mol. The average Bonchev–Trinajstić information content (AvgIpc) is 3.31. The highest BCUT2D eigenvalue weighted by molar-refractivity contribution is 5.79. The number of hydrogen-bond donors (Lipinski definition) is 2. The van der Waals surface area contributed by atoms with Gasteiger partial charge in [-0.15, -0.1) is 0 Å². The molecule has 7 nitrogen and oxygen atoms in total. The number of imidazole rings is 1. The molecular formula is C22H36N6O. The molecule has 2 heterocycles. The second kappa shape index (κ2) is 11.2. The number of aliphatic imine (C=N–C) groups is 1. The number of rotatable bonds is 10. The lowest BCUT2D eigenvalue weighted by atomic mass is 10.2. The smallest absolute Gasteiger partial charge is 0.191 e. The van der Waals surface area contributed by atoms with E-state index in [2.05, 4.69) is 57.1 Å². The highest BCUT2D eigenvalue weighted by atomic mass is 16.5. The number of likely N-dealkylation sites (tertiary alicyclic amines) is 1. The summed E-state index contributed by atoms with van der Waals surface area (Å²) >= 11 is 0. The number of nitrogens with one attached hydrogen (secondary N) is 2. The summed E-state index contributed by atoms with van der Waals surface area (Å²) in [7, 11) is 1.77. The Morgan fingerprint density at radius 3 is 2.97 bits per heavy atom. The summed E-state index contributed by atoms with van der Waals surface area (Å²) in [5.41, 5.74) is 2.28. The largest absolute Gasteiger partial charge is 0.383 e. The molecule has 0 amide bonds. The van der Waals surface area contributed by atoms with Crippen LogP contribution in [0.15, 0.2) is 29.3 Å². The Morgan fingerprint density at radius 1 is 1.28 bits per heavy atom. The normalized spacial score (nSPS) is 17.9. The van der Waals surface area contributed by atoms with E-state index in [1.54, 1.807) is 7.11 Å². The lowest BCUT2D eigenvalue weighted by molar-refractivity contribution is 0.142. The molecule has 0 aliphatic carbocycles. The van der Waals surface area contributed by atoms with Crippen LogP contribution in [0.5, 0.6) is 0 Å². The van der Waals surface area contributed by atoms with Crippen molar-refractivity contribution in [1.29, 1.82) is 0 Å². The third-order valence-corrected chi connectivity index (χ3v) is 5.58. The van der Waals surface area contributed by atoms with E-state index in [9.17, 15) is 0 Å². The van der Waals surface area contributed by atoms with Crippen molar-refractivity contribution in [2.45, 2.75) is 45.7 Å². The highest BCUT2D eigenvalue weighted by Crippen LogP contribution is 2.17. The highest BCUT2D eigenvalue weighted by Gasteiger charge is 2.23. The topological polar surface area (TPSA) is 66.7 Å². The molecule has 1 unspecified atom stereocenters. The van der Waals surface area contributed by atoms with Crippen molar-refractivity contribution in [2.24, 2.45) is 4.99 Å². The summed E-state index contributed by atoms with van der Waals surface area (Å²) in [4.78, 5) is 12.0. The minimum absolute atomic E-state index is 0.528. The van der Waals surface area contributed by atoms with Crippen LogP contribution in [0.1, 0.15) is 32.0 Å². The third kappa shape index (κ3) is 5.93. The van der Waals surface area contributed by atoms with Gasteiger partial charge in [-0.25, -0.2) is 4.98 Å². The SMILES string of the molecule is CCNC(=NCC1CCCN1CCOC)NCCCn1c(C)nc2ccccc21. The van der Waals surface area contributed by atoms with Crippen LogP contribution in [0, 0.1) is 6.92 Å². The van der Waals surface area contributed by atoms with Crippen LogP contribution >= 0.6 is 0 Å². The van der Waals surface area contributed by atoms with Crippen LogP contribution in [0.3, 0.4) is 0 Å². The fourth-order valence-electron chi connectivity index (χ4n) is 4.07. The van der Waals surface area contributed by atoms with Crippen molar-refractivity contribution < 1.29 is 4.74 Å². The third-order valence-electron chi connectivity index (χ3n) is 5.58. The van der Waals surface area contributed by atoms with Crippen molar-refractivity contribution in [1.82, 2.24) is 25.1 Å². The van der Waals surface area contributed by atoms with Gasteiger partial charge in [0.1, 0.15) is 5.82 Å². The van der Waals surface area contributed by atoms with E-state index in [0.717, 1.165) is 69.6 Å². The molecule has 1 saturated heterocycles. The number of ether oxygens (including phenoxy) is 1. The quantitative estimate of drug-likeness (QED) is 0.364. The Balaban J connectivity index is 1.49. The monoisotopic (exact) mass is 400 g/mol. The van der Waals surface area contributed by atoms with Gasteiger partial charge in [-0.3, -0.25) is 9.89 Å². The van der Waals surface area contributed by atoms with Crippen LogP contribution in [0.2, 0.25) is 0 Å². The molecule has 7 heteroatoms. The van der Waals surface area contributed by atoms with E-state index >= 15 is 0 Å². The summed E-state index contributed by atoms with van der Waals surface area (Å²) in [5, 5.41) is 6.87. The van der Waals surface area contributed by atoms with Crippen LogP contribution in [0.4, 0.5) is 0 Å². The van der Waals surface area contributed by atoms with Gasteiger partial charge in [-0.05, 0) is 51.8 Å². The minimum atomic E-state index is 0.528. The molecule has 0 saturated carbocycles. The Kier molecular flexibility index (Phi) is 8.31. The van der Waals surface area contributed by atoms with Crippen molar-refractivity contribution in [3.63, 3.8) is 0 Å². The van der Waals surface area contributed by atoms with E-state index in [-0.39, 0.29) is 0 Å². The number of hydrogen-bond acceptors (Lipinski definition) is 4. The summed E-state index contributed by atoms with van der Waals surface area (Å²) in [5.74, 6) is 1.99.